The first kappa shape index (κ1) is 9.80. The maximum absolute atomic E-state index is 8.60. The molecule has 5 heavy (non-hydrogen) atoms. The predicted octanol–water partition coefficient (Wildman–Crippen LogP) is -4.33. The fourth-order valence-electron chi connectivity index (χ4n) is 0. The number of hydrogen-bond acceptors (Lipinski definition) is 3. The van der Waals surface area contributed by atoms with Crippen molar-refractivity contribution < 1.29 is 10.2 Å². The Labute approximate surface area is 58.4 Å². The molecule has 0 aromatic carbocycles. The van der Waals surface area contributed by atoms with Crippen LogP contribution in [0.2, 0.25) is 0 Å². The molecule has 0 N–H and O–H groups in total. The van der Waals surface area contributed by atoms with Crippen LogP contribution in [0.5, 0.6) is 0 Å². The molecule has 0 bridgehead atoms. The van der Waals surface area contributed by atoms with Crippen LogP contribution in [-0.4, -0.2) is 48.8 Å². The van der Waals surface area contributed by atoms with Gasteiger partial charge in [-0.05, 0) is 0 Å². The summed E-state index contributed by atoms with van der Waals surface area (Å²) in [4.78, 5) is 0. The van der Waals surface area contributed by atoms with Gasteiger partial charge in [-0.25, -0.2) is 0 Å². The van der Waals surface area contributed by atoms with Gasteiger partial charge in [-0.3, -0.25) is 0 Å². The van der Waals surface area contributed by atoms with E-state index in [2.05, 4.69) is 0 Å². The normalized spacial score (nSPS) is 7.20. The first-order valence-corrected chi connectivity index (χ1v) is 3.67. The van der Waals surface area contributed by atoms with Gasteiger partial charge in [0.05, 0.1) is 0 Å². The fourth-order valence-corrected chi connectivity index (χ4v) is 0. The molecule has 0 heterocycles. The van der Waals surface area contributed by atoms with Crippen LogP contribution in [0.1, 0.15) is 0 Å². The number of rotatable bonds is 0. The van der Waals surface area contributed by atoms with Gasteiger partial charge in [-0.15, -0.1) is 0 Å². The summed E-state index contributed by atoms with van der Waals surface area (Å²) in [6, 6.07) is 0. The van der Waals surface area contributed by atoms with Crippen LogP contribution in [0.15, 0.2) is 0 Å². The average molecular weight is 377 g/mol. The smallest absolute Gasteiger partial charge is 3.00 e. The summed E-state index contributed by atoms with van der Waals surface area (Å²) in [6.45, 7) is 0. The molecule has 0 spiro atoms. The maximum atomic E-state index is 8.60. The molecule has 5 heteroatoms. The molecule has 0 unspecified atom stereocenters. The van der Waals surface area contributed by atoms with Gasteiger partial charge in [0, 0.05) is 0 Å². The van der Waals surface area contributed by atoms with Crippen molar-refractivity contribution in [2.45, 2.75) is 0 Å². The van der Waals surface area contributed by atoms with Crippen LogP contribution in [0.25, 0.3) is 0 Å². The van der Waals surface area contributed by atoms with Gasteiger partial charge in [0.15, 0.2) is 0 Å². The molecule has 0 aliphatic heterocycles. The molecule has 1 radical (unpaired) electrons. The fraction of sp³-hybridized carbons (Fsp3) is 0. The van der Waals surface area contributed by atoms with Crippen LogP contribution in [0.4, 0.5) is 0 Å². The van der Waals surface area contributed by atoms with Crippen LogP contribution >= 0.6 is 0 Å². The van der Waals surface area contributed by atoms with Crippen molar-refractivity contribution in [2.24, 2.45) is 0 Å². The monoisotopic (exact) mass is 377 g/mol. The van der Waals surface area contributed by atoms with E-state index in [1.54, 1.807) is 0 Å². The van der Waals surface area contributed by atoms with Crippen molar-refractivity contribution in [3.8, 4) is 0 Å². The average Bonchev–Trinajstić information content (AvgIpc) is 0.811. The SMILES string of the molecule is [O-][Sb]([O-])[O-].[Pb+3]. The summed E-state index contributed by atoms with van der Waals surface area (Å²) in [5, 5.41) is 0. The molecule has 0 atom stereocenters. The van der Waals surface area contributed by atoms with Crippen molar-refractivity contribution in [3.63, 3.8) is 0 Å². The molecule has 0 saturated heterocycles. The van der Waals surface area contributed by atoms with E-state index in [1.165, 1.54) is 0 Å². The Hall–Kier alpha value is 1.62. The van der Waals surface area contributed by atoms with Crippen molar-refractivity contribution in [2.75, 3.05) is 0 Å². The van der Waals surface area contributed by atoms with Gasteiger partial charge in [-0.1, -0.05) is 0 Å². The molecule has 27 valence electrons. The molecule has 0 amide bonds. The third-order valence-corrected chi connectivity index (χ3v) is 0. The summed E-state index contributed by atoms with van der Waals surface area (Å²) in [5.41, 5.74) is 0. The Morgan fingerprint density at radius 2 is 1.00 bits per heavy atom. The second kappa shape index (κ2) is 5.62. The van der Waals surface area contributed by atoms with Gasteiger partial charge < -0.3 is 0 Å². The zero-order chi connectivity index (χ0) is 3.58. The Balaban J connectivity index is 0. The van der Waals surface area contributed by atoms with Gasteiger partial charge in [0.1, 0.15) is 0 Å². The summed E-state index contributed by atoms with van der Waals surface area (Å²) in [7, 11) is 0. The topological polar surface area (TPSA) is 69.2 Å². The minimum Gasteiger partial charge on any atom is 3.00 e. The summed E-state index contributed by atoms with van der Waals surface area (Å²) >= 11 is -4.20. The first-order chi connectivity index (χ1) is 1.73. The Kier molecular flexibility index (Phi) is 11.0. The third-order valence-electron chi connectivity index (χ3n) is 0. The quantitative estimate of drug-likeness (QED) is 0.401. The second-order valence-electron chi connectivity index (χ2n) is 0.224. The molecule has 0 aliphatic rings. The van der Waals surface area contributed by atoms with E-state index in [9.17, 15) is 0 Å². The van der Waals surface area contributed by atoms with Crippen molar-refractivity contribution in [1.82, 2.24) is 0 Å². The van der Waals surface area contributed by atoms with Crippen LogP contribution in [0.3, 0.4) is 0 Å². The molecule has 0 aromatic heterocycles. The molecule has 0 rings (SSSR count). The first-order valence-electron chi connectivity index (χ1n) is 0.548. The summed E-state index contributed by atoms with van der Waals surface area (Å²) in [6.07, 6.45) is 0. The molecule has 0 saturated carbocycles. The summed E-state index contributed by atoms with van der Waals surface area (Å²) < 4.78 is 25.8. The molecular weight excluding hydrogens is 377 g/mol. The molecule has 0 fully saturated rings. The molecule has 0 aliphatic carbocycles. The summed E-state index contributed by atoms with van der Waals surface area (Å²) in [5.74, 6) is 0. The van der Waals surface area contributed by atoms with Crippen molar-refractivity contribution in [3.05, 3.63) is 0 Å². The van der Waals surface area contributed by atoms with Crippen molar-refractivity contribution in [1.29, 1.82) is 0 Å². The molecular formula is O3PbSb. The van der Waals surface area contributed by atoms with E-state index in [0.29, 0.717) is 0 Å². The van der Waals surface area contributed by atoms with Crippen LogP contribution in [-0.2, 0) is 0 Å². The third kappa shape index (κ3) is 28.1. The Morgan fingerprint density at radius 1 is 1.00 bits per heavy atom. The Bertz CT molecular complexity index is 11.6. The van der Waals surface area contributed by atoms with Gasteiger partial charge >= 0.3 is 58.9 Å². The van der Waals surface area contributed by atoms with Crippen molar-refractivity contribution >= 4 is 48.8 Å². The van der Waals surface area contributed by atoms with Gasteiger partial charge in [0.2, 0.25) is 0 Å². The van der Waals surface area contributed by atoms with E-state index in [4.69, 9.17) is 10.2 Å². The largest absolute Gasteiger partial charge is 3.00 e. The molecule has 0 aromatic rings. The maximum Gasteiger partial charge on any atom is 3.00 e. The van der Waals surface area contributed by atoms with Crippen LogP contribution < -0.4 is 10.2 Å². The zero-order valence-corrected chi connectivity index (χ0v) is 8.61. The second-order valence-corrected chi connectivity index (χ2v) is 1.50. The van der Waals surface area contributed by atoms with E-state index in [0.717, 1.165) is 0 Å². The number of hydrogen-bond donors (Lipinski definition) is 0. The van der Waals surface area contributed by atoms with Gasteiger partial charge in [0.25, 0.3) is 0 Å². The zero-order valence-electron chi connectivity index (χ0n) is 2.17. The standard InChI is InChI=1S/3O.Pb.Sb/q3*-1;+3;. The van der Waals surface area contributed by atoms with E-state index >= 15 is 0 Å². The predicted molar refractivity (Wildman–Crippen MR) is 11.5 cm³/mol. The Morgan fingerprint density at radius 3 is 1.00 bits per heavy atom. The molecule has 3 nitrogen and oxygen atoms in total. The minimum atomic E-state index is -4.20. The van der Waals surface area contributed by atoms with E-state index in [-0.39, 0.29) is 27.3 Å². The van der Waals surface area contributed by atoms with E-state index < -0.39 is 21.5 Å². The van der Waals surface area contributed by atoms with E-state index in [1.807, 2.05) is 0 Å². The van der Waals surface area contributed by atoms with Crippen LogP contribution in [0, 0.1) is 0 Å². The minimum absolute atomic E-state index is 0. The van der Waals surface area contributed by atoms with Gasteiger partial charge in [-0.2, -0.15) is 0 Å².